The van der Waals surface area contributed by atoms with Crippen molar-refractivity contribution in [1.82, 2.24) is 20.2 Å². The van der Waals surface area contributed by atoms with E-state index < -0.39 is 23.1 Å². The molecular weight excluding hydrogens is 549 g/mol. The third-order valence-corrected chi connectivity index (χ3v) is 6.42. The molecule has 0 unspecified atom stereocenters. The molecule has 1 aromatic heterocycles. The second-order valence-electron chi connectivity index (χ2n) is 8.14. The highest BCUT2D eigenvalue weighted by atomic mass is 35.5. The maximum atomic E-state index is 13.1. The van der Waals surface area contributed by atoms with E-state index >= 15 is 0 Å². The fourth-order valence-electron chi connectivity index (χ4n) is 3.76. The highest BCUT2D eigenvalue weighted by Crippen LogP contribution is 2.31. The molecule has 0 radical (unpaired) electrons. The van der Waals surface area contributed by atoms with Crippen LogP contribution in [0.1, 0.15) is 39.3 Å². The summed E-state index contributed by atoms with van der Waals surface area (Å²) in [7, 11) is 0. The van der Waals surface area contributed by atoms with E-state index in [-0.39, 0.29) is 27.7 Å². The third kappa shape index (κ3) is 6.31. The Bertz CT molecular complexity index is 1340. The molecular formula is C23H20Cl3N5O6. The van der Waals surface area contributed by atoms with Crippen LogP contribution in [0.4, 0.5) is 0 Å². The van der Waals surface area contributed by atoms with Gasteiger partial charge < -0.3 is 9.57 Å². The molecule has 4 rings (SSSR count). The van der Waals surface area contributed by atoms with E-state index in [0.29, 0.717) is 41.7 Å². The zero-order valence-corrected chi connectivity index (χ0v) is 21.6. The van der Waals surface area contributed by atoms with Gasteiger partial charge in [0.25, 0.3) is 11.0 Å². The minimum atomic E-state index is -0.816. The van der Waals surface area contributed by atoms with Gasteiger partial charge in [-0.25, -0.2) is 9.80 Å². The Kier molecular flexibility index (Phi) is 8.18. The van der Waals surface area contributed by atoms with Crippen molar-refractivity contribution in [3.05, 3.63) is 84.5 Å². The molecule has 0 spiro atoms. The van der Waals surface area contributed by atoms with E-state index in [9.17, 15) is 19.7 Å². The largest absolute Gasteiger partial charge is 0.403 e. The van der Waals surface area contributed by atoms with Crippen molar-refractivity contribution in [2.24, 2.45) is 0 Å². The van der Waals surface area contributed by atoms with E-state index in [2.05, 4.69) is 15.4 Å². The maximum Gasteiger partial charge on any atom is 0.344 e. The number of amides is 1. The smallest absolute Gasteiger partial charge is 0.344 e. The zero-order chi connectivity index (χ0) is 26.7. The lowest BCUT2D eigenvalue weighted by Crippen LogP contribution is -2.48. The van der Waals surface area contributed by atoms with Crippen LogP contribution in [-0.4, -0.2) is 50.9 Å². The predicted molar refractivity (Wildman–Crippen MR) is 135 cm³/mol. The third-order valence-electron chi connectivity index (χ3n) is 5.63. The van der Waals surface area contributed by atoms with Gasteiger partial charge in [-0.2, -0.15) is 9.78 Å². The fourth-order valence-corrected chi connectivity index (χ4v) is 4.37. The standard InChI is InChI=1S/C23H20Cl3N5O6/c1-13-20(21(32)28-29-10-8-17(9-11-29)37-31(34)35)27-30(19-7-6-16(25)12-18(19)26)22(13)36-23(33)14-2-4-15(24)5-3-14/h2-7,12,17H,8-11H2,1H3,(H,28,32). The van der Waals surface area contributed by atoms with Gasteiger partial charge in [0.15, 0.2) is 5.69 Å². The van der Waals surface area contributed by atoms with Gasteiger partial charge in [0, 0.05) is 28.7 Å². The van der Waals surface area contributed by atoms with Crippen LogP contribution in [0.2, 0.25) is 15.1 Å². The SMILES string of the molecule is Cc1c(C(=O)NN2CCC(O[N+](=O)[O-])CC2)nn(-c2ccc(Cl)cc2Cl)c1OC(=O)c1ccc(Cl)cc1. The molecule has 0 aliphatic carbocycles. The highest BCUT2D eigenvalue weighted by molar-refractivity contribution is 6.35. The number of esters is 1. The molecule has 14 heteroatoms. The van der Waals surface area contributed by atoms with Crippen molar-refractivity contribution >= 4 is 46.7 Å². The van der Waals surface area contributed by atoms with Crippen LogP contribution in [0.5, 0.6) is 5.88 Å². The number of aromatic nitrogens is 2. The molecule has 2 aromatic carbocycles. The van der Waals surface area contributed by atoms with Gasteiger partial charge in [-0.1, -0.05) is 34.8 Å². The highest BCUT2D eigenvalue weighted by Gasteiger charge is 2.28. The molecule has 0 bridgehead atoms. The number of halogens is 3. The summed E-state index contributed by atoms with van der Waals surface area (Å²) in [4.78, 5) is 41.2. The minimum absolute atomic E-state index is 0.00594. The van der Waals surface area contributed by atoms with Crippen molar-refractivity contribution < 1.29 is 24.3 Å². The van der Waals surface area contributed by atoms with Gasteiger partial charge in [-0.3, -0.25) is 10.2 Å². The summed E-state index contributed by atoms with van der Waals surface area (Å²) in [6, 6.07) is 10.8. The van der Waals surface area contributed by atoms with E-state index in [1.54, 1.807) is 36.2 Å². The average Bonchev–Trinajstić information content (AvgIpc) is 3.16. The Morgan fingerprint density at radius 3 is 2.35 bits per heavy atom. The summed E-state index contributed by atoms with van der Waals surface area (Å²) >= 11 is 18.3. The van der Waals surface area contributed by atoms with Gasteiger partial charge >= 0.3 is 5.97 Å². The molecule has 1 saturated heterocycles. The Labute approximate surface area is 225 Å². The summed E-state index contributed by atoms with van der Waals surface area (Å²) in [5.74, 6) is -1.25. The number of hydrazine groups is 1. The van der Waals surface area contributed by atoms with Gasteiger partial charge in [0.1, 0.15) is 6.10 Å². The lowest BCUT2D eigenvalue weighted by Gasteiger charge is -2.30. The number of nitrogens with one attached hydrogen (secondary N) is 1. The Morgan fingerprint density at radius 1 is 1.08 bits per heavy atom. The van der Waals surface area contributed by atoms with Crippen molar-refractivity contribution in [2.75, 3.05) is 13.1 Å². The predicted octanol–water partition coefficient (Wildman–Crippen LogP) is 4.68. The lowest BCUT2D eigenvalue weighted by molar-refractivity contribution is -0.769. The summed E-state index contributed by atoms with van der Waals surface area (Å²) in [5.41, 5.74) is 3.60. The number of hydrogen-bond acceptors (Lipinski definition) is 8. The Morgan fingerprint density at radius 2 is 1.73 bits per heavy atom. The van der Waals surface area contributed by atoms with Crippen LogP contribution in [-0.2, 0) is 4.84 Å². The van der Waals surface area contributed by atoms with Crippen molar-refractivity contribution in [2.45, 2.75) is 25.9 Å². The first-order valence-electron chi connectivity index (χ1n) is 11.0. The summed E-state index contributed by atoms with van der Waals surface area (Å²) < 4.78 is 6.92. The number of nitrogens with zero attached hydrogens (tertiary/aromatic N) is 4. The maximum absolute atomic E-state index is 13.1. The fraction of sp³-hybridized carbons (Fsp3) is 0.261. The molecule has 194 valence electrons. The molecule has 1 amide bonds. The quantitative estimate of drug-likeness (QED) is 0.247. The molecule has 1 fully saturated rings. The average molecular weight is 569 g/mol. The second-order valence-corrected chi connectivity index (χ2v) is 9.42. The molecule has 0 saturated carbocycles. The van der Waals surface area contributed by atoms with Crippen LogP contribution >= 0.6 is 34.8 Å². The van der Waals surface area contributed by atoms with Gasteiger partial charge in [-0.15, -0.1) is 10.1 Å². The van der Waals surface area contributed by atoms with Gasteiger partial charge in [0.05, 0.1) is 16.3 Å². The van der Waals surface area contributed by atoms with Crippen LogP contribution < -0.4 is 10.2 Å². The van der Waals surface area contributed by atoms with Crippen LogP contribution in [0, 0.1) is 17.0 Å². The summed E-state index contributed by atoms with van der Waals surface area (Å²) in [5, 5.41) is 16.8. The second kappa shape index (κ2) is 11.3. The summed E-state index contributed by atoms with van der Waals surface area (Å²) in [6.45, 7) is 2.26. The molecule has 1 N–H and O–H groups in total. The number of piperidine rings is 1. The number of ether oxygens (including phenoxy) is 1. The normalized spacial score (nSPS) is 14.3. The molecule has 11 nitrogen and oxygen atoms in total. The van der Waals surface area contributed by atoms with Gasteiger partial charge in [0.2, 0.25) is 5.88 Å². The zero-order valence-electron chi connectivity index (χ0n) is 19.3. The first-order valence-corrected chi connectivity index (χ1v) is 12.2. The van der Waals surface area contributed by atoms with E-state index in [1.807, 2.05) is 0 Å². The number of hydrogen-bond donors (Lipinski definition) is 1. The molecule has 1 aliphatic heterocycles. The Balaban J connectivity index is 1.61. The first kappa shape index (κ1) is 26.7. The number of carbonyl (C=O) groups is 2. The topological polar surface area (TPSA) is 129 Å². The van der Waals surface area contributed by atoms with Crippen molar-refractivity contribution in [1.29, 1.82) is 0 Å². The number of carbonyl (C=O) groups excluding carboxylic acids is 2. The van der Waals surface area contributed by atoms with E-state index in [4.69, 9.17) is 39.5 Å². The monoisotopic (exact) mass is 567 g/mol. The minimum Gasteiger partial charge on any atom is -0.403 e. The molecule has 2 heterocycles. The van der Waals surface area contributed by atoms with Crippen LogP contribution in [0.3, 0.4) is 0 Å². The van der Waals surface area contributed by atoms with Crippen molar-refractivity contribution in [3.63, 3.8) is 0 Å². The molecule has 0 atom stereocenters. The lowest BCUT2D eigenvalue weighted by atomic mass is 10.1. The molecule has 37 heavy (non-hydrogen) atoms. The van der Waals surface area contributed by atoms with Crippen LogP contribution in [0.15, 0.2) is 42.5 Å². The number of benzene rings is 2. The van der Waals surface area contributed by atoms with E-state index in [1.165, 1.54) is 22.9 Å². The van der Waals surface area contributed by atoms with Crippen LogP contribution in [0.25, 0.3) is 5.69 Å². The molecule has 3 aromatic rings. The number of rotatable bonds is 7. The van der Waals surface area contributed by atoms with E-state index in [0.717, 1.165) is 0 Å². The summed E-state index contributed by atoms with van der Waals surface area (Å²) in [6.07, 6.45) is 0.188. The Hall–Kier alpha value is -3.38. The van der Waals surface area contributed by atoms with Gasteiger partial charge in [-0.05, 0) is 62.2 Å². The first-order chi connectivity index (χ1) is 17.6. The molecule has 1 aliphatic rings. The van der Waals surface area contributed by atoms with Crippen molar-refractivity contribution in [3.8, 4) is 11.6 Å².